The van der Waals surface area contributed by atoms with Crippen molar-refractivity contribution in [1.29, 1.82) is 0 Å². The lowest BCUT2D eigenvalue weighted by Crippen LogP contribution is -2.16. The summed E-state index contributed by atoms with van der Waals surface area (Å²) < 4.78 is 6.41. The molecule has 8 aromatic carbocycles. The third kappa shape index (κ3) is 4.71. The third-order valence-electron chi connectivity index (χ3n) is 10.9. The Morgan fingerprint density at radius 3 is 1.96 bits per heavy atom. The van der Waals surface area contributed by atoms with Gasteiger partial charge in [0.15, 0.2) is 0 Å². The average Bonchev–Trinajstić information content (AvgIpc) is 3.67. The van der Waals surface area contributed by atoms with E-state index in [1.54, 1.807) is 0 Å². The minimum atomic E-state index is -0.0917. The van der Waals surface area contributed by atoms with Crippen LogP contribution in [0.4, 0.5) is 17.1 Å². The van der Waals surface area contributed by atoms with Crippen LogP contribution in [0, 0.1) is 0 Å². The van der Waals surface area contributed by atoms with Gasteiger partial charge in [0.1, 0.15) is 11.2 Å². The van der Waals surface area contributed by atoms with Crippen molar-refractivity contribution in [3.63, 3.8) is 0 Å². The lowest BCUT2D eigenvalue weighted by atomic mass is 9.82. The summed E-state index contributed by atoms with van der Waals surface area (Å²) in [6, 6.07) is 63.7. The molecule has 1 heterocycles. The van der Waals surface area contributed by atoms with Gasteiger partial charge in [-0.15, -0.1) is 0 Å². The Hall–Kier alpha value is -6.38. The van der Waals surface area contributed by atoms with Crippen molar-refractivity contribution in [2.24, 2.45) is 0 Å². The fourth-order valence-electron chi connectivity index (χ4n) is 8.22. The summed E-state index contributed by atoms with van der Waals surface area (Å²) in [5, 5.41) is 4.62. The number of hydrogen-bond donors (Lipinski definition) is 0. The van der Waals surface area contributed by atoms with E-state index in [-0.39, 0.29) is 5.41 Å². The van der Waals surface area contributed by atoms with Gasteiger partial charge in [-0.25, -0.2) is 0 Å². The van der Waals surface area contributed by atoms with Crippen molar-refractivity contribution in [3.8, 4) is 33.4 Å². The van der Waals surface area contributed by atoms with Crippen molar-refractivity contribution in [3.05, 3.63) is 187 Å². The van der Waals surface area contributed by atoms with E-state index in [9.17, 15) is 0 Å². The summed E-state index contributed by atoms with van der Waals surface area (Å²) >= 11 is 0. The molecule has 0 radical (unpaired) electrons. The maximum Gasteiger partial charge on any atom is 0.143 e. The van der Waals surface area contributed by atoms with Crippen molar-refractivity contribution >= 4 is 49.8 Å². The molecule has 0 saturated carbocycles. The van der Waals surface area contributed by atoms with Crippen molar-refractivity contribution in [2.75, 3.05) is 4.90 Å². The fraction of sp³-hybridized carbons (Fsp3) is 0.0612. The van der Waals surface area contributed by atoms with Crippen molar-refractivity contribution in [1.82, 2.24) is 0 Å². The molecule has 1 aliphatic carbocycles. The number of furan rings is 1. The first-order valence-corrected chi connectivity index (χ1v) is 17.7. The van der Waals surface area contributed by atoms with Gasteiger partial charge in [0.25, 0.3) is 0 Å². The van der Waals surface area contributed by atoms with E-state index < -0.39 is 0 Å². The van der Waals surface area contributed by atoms with E-state index in [0.29, 0.717) is 0 Å². The van der Waals surface area contributed by atoms with Crippen LogP contribution in [0.15, 0.2) is 180 Å². The summed E-state index contributed by atoms with van der Waals surface area (Å²) in [7, 11) is 0. The summed E-state index contributed by atoms with van der Waals surface area (Å²) in [5.41, 5.74) is 15.3. The van der Waals surface area contributed by atoms with E-state index in [0.717, 1.165) is 44.4 Å². The molecule has 51 heavy (non-hydrogen) atoms. The van der Waals surface area contributed by atoms with Gasteiger partial charge in [-0.2, -0.15) is 0 Å². The first kappa shape index (κ1) is 29.5. The maximum atomic E-state index is 6.41. The highest BCUT2D eigenvalue weighted by molar-refractivity contribution is 6.15. The summed E-state index contributed by atoms with van der Waals surface area (Å²) in [6.45, 7) is 4.69. The van der Waals surface area contributed by atoms with Crippen LogP contribution in [-0.2, 0) is 5.41 Å². The molecule has 9 aromatic rings. The molecule has 0 bridgehead atoms. The summed E-state index contributed by atoms with van der Waals surface area (Å²) in [5.74, 6) is 0. The highest BCUT2D eigenvalue weighted by Crippen LogP contribution is 2.51. The minimum Gasteiger partial charge on any atom is -0.455 e. The lowest BCUT2D eigenvalue weighted by Gasteiger charge is -2.28. The molecule has 1 aliphatic rings. The molecule has 0 atom stereocenters. The van der Waals surface area contributed by atoms with Crippen LogP contribution in [0.5, 0.6) is 0 Å². The molecule has 0 fully saturated rings. The quantitative estimate of drug-likeness (QED) is 0.184. The van der Waals surface area contributed by atoms with Crippen molar-refractivity contribution < 1.29 is 4.42 Å². The monoisotopic (exact) mass is 653 g/mol. The molecule has 0 amide bonds. The number of rotatable bonds is 5. The van der Waals surface area contributed by atoms with Gasteiger partial charge in [-0.05, 0) is 104 Å². The third-order valence-corrected chi connectivity index (χ3v) is 10.9. The Balaban J connectivity index is 1.08. The number of fused-ring (bicyclic) bond motifs is 8. The van der Waals surface area contributed by atoms with E-state index in [2.05, 4.69) is 195 Å². The molecular weight excluding hydrogens is 619 g/mol. The second kappa shape index (κ2) is 11.3. The van der Waals surface area contributed by atoms with Crippen molar-refractivity contribution in [2.45, 2.75) is 19.3 Å². The van der Waals surface area contributed by atoms with Gasteiger partial charge >= 0.3 is 0 Å². The van der Waals surface area contributed by atoms with Gasteiger partial charge in [0.2, 0.25) is 0 Å². The van der Waals surface area contributed by atoms with Crippen LogP contribution < -0.4 is 4.90 Å². The zero-order valence-electron chi connectivity index (χ0n) is 28.6. The minimum absolute atomic E-state index is 0.0917. The highest BCUT2D eigenvalue weighted by Gasteiger charge is 2.35. The molecule has 242 valence electrons. The molecule has 10 rings (SSSR count). The molecular formula is C49H35NO. The van der Waals surface area contributed by atoms with E-state index in [1.165, 1.54) is 49.9 Å². The van der Waals surface area contributed by atoms with Gasteiger partial charge in [-0.1, -0.05) is 135 Å². The van der Waals surface area contributed by atoms with E-state index >= 15 is 0 Å². The first-order chi connectivity index (χ1) is 25.0. The zero-order chi connectivity index (χ0) is 34.1. The largest absolute Gasteiger partial charge is 0.455 e. The van der Waals surface area contributed by atoms with Crippen LogP contribution >= 0.6 is 0 Å². The summed E-state index contributed by atoms with van der Waals surface area (Å²) in [6.07, 6.45) is 0. The predicted octanol–water partition coefficient (Wildman–Crippen LogP) is 13.8. The second-order valence-corrected chi connectivity index (χ2v) is 14.2. The molecule has 0 N–H and O–H groups in total. The normalized spacial score (nSPS) is 13.1. The molecule has 2 heteroatoms. The number of anilines is 3. The Bertz CT molecular complexity index is 2770. The van der Waals surface area contributed by atoms with Crippen LogP contribution in [-0.4, -0.2) is 0 Å². The predicted molar refractivity (Wildman–Crippen MR) is 214 cm³/mol. The maximum absolute atomic E-state index is 6.41. The zero-order valence-corrected chi connectivity index (χ0v) is 28.6. The van der Waals surface area contributed by atoms with Crippen LogP contribution in [0.1, 0.15) is 25.0 Å². The van der Waals surface area contributed by atoms with Crippen LogP contribution in [0.3, 0.4) is 0 Å². The Labute approximate surface area is 297 Å². The standard InChI is InChI=1S/C49H35NO/c1-49(2)45-18-9-8-17-41(45)42-27-25-39(31-46(42)49)50(38-15-10-14-35(29-38)32-11-4-3-5-12-32)37-23-19-33(20-24-37)36-22-28-47-44(30-36)43-26-21-34-13-6-7-16-40(34)48(43)51-47/h3-31H,1-2H3. The molecule has 1 aromatic heterocycles. The van der Waals surface area contributed by atoms with Gasteiger partial charge in [-0.3, -0.25) is 0 Å². The molecule has 0 spiro atoms. The van der Waals surface area contributed by atoms with E-state index in [4.69, 9.17) is 4.42 Å². The Kier molecular flexibility index (Phi) is 6.56. The van der Waals surface area contributed by atoms with Crippen LogP contribution in [0.25, 0.3) is 66.1 Å². The topological polar surface area (TPSA) is 16.4 Å². The summed E-state index contributed by atoms with van der Waals surface area (Å²) in [4.78, 5) is 2.40. The number of benzene rings is 8. The van der Waals surface area contributed by atoms with E-state index in [1.807, 2.05) is 0 Å². The molecule has 0 aliphatic heterocycles. The molecule has 0 unspecified atom stereocenters. The average molecular weight is 654 g/mol. The Morgan fingerprint density at radius 1 is 0.412 bits per heavy atom. The Morgan fingerprint density at radius 2 is 1.08 bits per heavy atom. The second-order valence-electron chi connectivity index (χ2n) is 14.2. The number of nitrogens with zero attached hydrogens (tertiary/aromatic N) is 1. The van der Waals surface area contributed by atoms with Crippen LogP contribution in [0.2, 0.25) is 0 Å². The fourth-order valence-corrected chi connectivity index (χ4v) is 8.22. The van der Waals surface area contributed by atoms with Gasteiger partial charge in [0.05, 0.1) is 0 Å². The number of hydrogen-bond acceptors (Lipinski definition) is 2. The SMILES string of the molecule is CC1(C)c2ccccc2-c2ccc(N(c3ccc(-c4ccc5oc6c7ccccc7ccc6c5c4)cc3)c3cccc(-c4ccccc4)c3)cc21. The first-order valence-electron chi connectivity index (χ1n) is 17.7. The molecule has 0 saturated heterocycles. The lowest BCUT2D eigenvalue weighted by molar-refractivity contribution is 0.660. The molecule has 2 nitrogen and oxygen atoms in total. The van der Waals surface area contributed by atoms with Gasteiger partial charge in [0, 0.05) is 38.6 Å². The smallest absolute Gasteiger partial charge is 0.143 e. The highest BCUT2D eigenvalue weighted by atomic mass is 16.3. The van der Waals surface area contributed by atoms with Gasteiger partial charge < -0.3 is 9.32 Å².